The molecule has 0 atom stereocenters. The van der Waals surface area contributed by atoms with Crippen molar-refractivity contribution in [3.8, 4) is 0 Å². The van der Waals surface area contributed by atoms with Crippen molar-refractivity contribution in [2.24, 2.45) is 0 Å². The van der Waals surface area contributed by atoms with Crippen molar-refractivity contribution in [2.45, 2.75) is 10.1 Å². The molecule has 7 heteroatoms. The highest BCUT2D eigenvalue weighted by molar-refractivity contribution is 7.99. The Morgan fingerprint density at radius 2 is 2.18 bits per heavy atom. The predicted molar refractivity (Wildman–Crippen MR) is 64.0 cm³/mol. The number of carbonyl (C=O) groups is 1. The van der Waals surface area contributed by atoms with Crippen LogP contribution in [0.4, 0.5) is 0 Å². The third-order valence-electron chi connectivity index (χ3n) is 1.76. The zero-order chi connectivity index (χ0) is 12.4. The van der Waals surface area contributed by atoms with Crippen LogP contribution in [-0.2, 0) is 0 Å². The van der Waals surface area contributed by atoms with Gasteiger partial charge in [-0.1, -0.05) is 23.2 Å². The van der Waals surface area contributed by atoms with Gasteiger partial charge >= 0.3 is 5.97 Å². The summed E-state index contributed by atoms with van der Waals surface area (Å²) in [6.07, 6.45) is 1.46. The molecule has 0 aliphatic heterocycles. The topological polar surface area (TPSA) is 63.3 Å². The first kappa shape index (κ1) is 12.3. The van der Waals surface area contributed by atoms with Crippen LogP contribution >= 0.6 is 35.0 Å². The minimum Gasteiger partial charge on any atom is -0.475 e. The smallest absolute Gasteiger partial charge is 0.371 e. The van der Waals surface area contributed by atoms with E-state index in [0.717, 1.165) is 11.8 Å². The van der Waals surface area contributed by atoms with E-state index in [1.54, 1.807) is 12.1 Å². The van der Waals surface area contributed by atoms with Crippen molar-refractivity contribution in [1.29, 1.82) is 0 Å². The van der Waals surface area contributed by atoms with Crippen molar-refractivity contribution in [3.05, 3.63) is 40.2 Å². The Bertz CT molecular complexity index is 570. The summed E-state index contributed by atoms with van der Waals surface area (Å²) in [6, 6.07) is 4.47. The van der Waals surface area contributed by atoms with Gasteiger partial charge in [-0.25, -0.2) is 9.78 Å². The van der Waals surface area contributed by atoms with Crippen LogP contribution in [0.3, 0.4) is 0 Å². The number of pyridine rings is 1. The minimum atomic E-state index is -1.12. The molecule has 17 heavy (non-hydrogen) atoms. The fourth-order valence-electron chi connectivity index (χ4n) is 1.06. The average molecular weight is 290 g/mol. The lowest BCUT2D eigenvalue weighted by Crippen LogP contribution is -1.91. The summed E-state index contributed by atoms with van der Waals surface area (Å²) < 4.78 is 5.07. The molecule has 4 nitrogen and oxygen atoms in total. The average Bonchev–Trinajstić information content (AvgIpc) is 2.71. The summed E-state index contributed by atoms with van der Waals surface area (Å²) in [6.45, 7) is 0. The molecule has 0 spiro atoms. The summed E-state index contributed by atoms with van der Waals surface area (Å²) >= 11 is 12.8. The molecule has 2 heterocycles. The van der Waals surface area contributed by atoms with Gasteiger partial charge in [0.15, 0.2) is 5.09 Å². The van der Waals surface area contributed by atoms with E-state index in [2.05, 4.69) is 4.98 Å². The Hall–Kier alpha value is -1.17. The van der Waals surface area contributed by atoms with Crippen LogP contribution in [0, 0.1) is 0 Å². The molecule has 0 bridgehead atoms. The number of carboxylic acids is 1. The summed E-state index contributed by atoms with van der Waals surface area (Å²) in [4.78, 5) is 14.6. The number of rotatable bonds is 3. The molecule has 2 aromatic rings. The molecule has 0 radical (unpaired) electrons. The lowest BCUT2D eigenvalue weighted by molar-refractivity contribution is 0.0656. The van der Waals surface area contributed by atoms with Gasteiger partial charge in [0.05, 0.1) is 10.0 Å². The van der Waals surface area contributed by atoms with Gasteiger partial charge in [-0.05, 0) is 30.0 Å². The van der Waals surface area contributed by atoms with Gasteiger partial charge in [-0.15, -0.1) is 0 Å². The second kappa shape index (κ2) is 5.00. The van der Waals surface area contributed by atoms with Gasteiger partial charge in [-0.3, -0.25) is 0 Å². The van der Waals surface area contributed by atoms with Crippen LogP contribution in [-0.4, -0.2) is 16.1 Å². The molecule has 0 unspecified atom stereocenters. The van der Waals surface area contributed by atoms with E-state index in [9.17, 15) is 4.79 Å². The van der Waals surface area contributed by atoms with Crippen LogP contribution in [0.25, 0.3) is 0 Å². The molecule has 0 fully saturated rings. The first-order valence-corrected chi connectivity index (χ1v) is 5.95. The first-order chi connectivity index (χ1) is 8.06. The Morgan fingerprint density at radius 1 is 1.41 bits per heavy atom. The van der Waals surface area contributed by atoms with Crippen molar-refractivity contribution in [3.63, 3.8) is 0 Å². The lowest BCUT2D eigenvalue weighted by Gasteiger charge is -2.00. The fourth-order valence-corrected chi connectivity index (χ4v) is 2.28. The lowest BCUT2D eigenvalue weighted by atomic mass is 10.5. The van der Waals surface area contributed by atoms with Crippen LogP contribution in [0.15, 0.2) is 38.9 Å². The largest absolute Gasteiger partial charge is 0.475 e. The van der Waals surface area contributed by atoms with Crippen molar-refractivity contribution < 1.29 is 14.3 Å². The number of nitrogens with zero attached hydrogens (tertiary/aromatic N) is 1. The van der Waals surface area contributed by atoms with Crippen LogP contribution in [0.1, 0.15) is 10.6 Å². The van der Waals surface area contributed by atoms with Gasteiger partial charge in [-0.2, -0.15) is 0 Å². The standard InChI is InChI=1S/C10H5Cl2NO3S/c11-5-3-6(12)9(13-4-5)17-8-2-1-7(16-8)10(14)15/h1-4H,(H,14,15). The summed E-state index contributed by atoms with van der Waals surface area (Å²) in [5.74, 6) is -1.25. The van der Waals surface area contributed by atoms with E-state index < -0.39 is 5.97 Å². The van der Waals surface area contributed by atoms with Gasteiger partial charge in [0.1, 0.15) is 5.03 Å². The Kier molecular flexibility index (Phi) is 3.61. The summed E-state index contributed by atoms with van der Waals surface area (Å²) in [5, 5.41) is 10.4. The van der Waals surface area contributed by atoms with Crippen molar-refractivity contribution in [1.82, 2.24) is 4.98 Å². The molecule has 0 saturated heterocycles. The van der Waals surface area contributed by atoms with E-state index >= 15 is 0 Å². The molecular weight excluding hydrogens is 285 g/mol. The molecular formula is C10H5Cl2NO3S. The fraction of sp³-hybridized carbons (Fsp3) is 0. The molecule has 0 saturated carbocycles. The minimum absolute atomic E-state index is 0.127. The van der Waals surface area contributed by atoms with E-state index in [0.29, 0.717) is 20.2 Å². The maximum Gasteiger partial charge on any atom is 0.371 e. The van der Waals surface area contributed by atoms with E-state index in [4.69, 9.17) is 32.7 Å². The normalized spacial score (nSPS) is 10.5. The third-order valence-corrected chi connectivity index (χ3v) is 3.31. The predicted octanol–water partition coefficient (Wildman–Crippen LogP) is 3.83. The number of halogens is 2. The molecule has 1 N–H and O–H groups in total. The van der Waals surface area contributed by atoms with E-state index in [1.165, 1.54) is 12.3 Å². The second-order valence-electron chi connectivity index (χ2n) is 2.97. The maximum absolute atomic E-state index is 10.6. The van der Waals surface area contributed by atoms with Crippen LogP contribution in [0.5, 0.6) is 0 Å². The number of furan rings is 1. The number of hydrogen-bond donors (Lipinski definition) is 1. The van der Waals surface area contributed by atoms with Crippen LogP contribution in [0.2, 0.25) is 10.0 Å². The highest BCUT2D eigenvalue weighted by atomic mass is 35.5. The number of aromatic nitrogens is 1. The molecule has 0 amide bonds. The number of carboxylic acid groups (broad SMARTS) is 1. The molecule has 2 aromatic heterocycles. The molecule has 2 rings (SSSR count). The van der Waals surface area contributed by atoms with Gasteiger partial charge < -0.3 is 9.52 Å². The molecule has 88 valence electrons. The highest BCUT2D eigenvalue weighted by Gasteiger charge is 2.12. The van der Waals surface area contributed by atoms with Crippen molar-refractivity contribution >= 4 is 40.9 Å². The molecule has 0 aliphatic carbocycles. The Balaban J connectivity index is 2.22. The van der Waals surface area contributed by atoms with Crippen molar-refractivity contribution in [2.75, 3.05) is 0 Å². The maximum atomic E-state index is 10.6. The quantitative estimate of drug-likeness (QED) is 0.930. The zero-order valence-electron chi connectivity index (χ0n) is 8.18. The molecule has 0 aromatic carbocycles. The summed E-state index contributed by atoms with van der Waals surface area (Å²) in [7, 11) is 0. The van der Waals surface area contributed by atoms with Gasteiger partial charge in [0.2, 0.25) is 5.76 Å². The number of aromatic carboxylic acids is 1. The van der Waals surface area contributed by atoms with Gasteiger partial charge in [0.25, 0.3) is 0 Å². The highest BCUT2D eigenvalue weighted by Crippen LogP contribution is 2.33. The zero-order valence-corrected chi connectivity index (χ0v) is 10.5. The monoisotopic (exact) mass is 289 g/mol. The number of hydrogen-bond acceptors (Lipinski definition) is 4. The third kappa shape index (κ3) is 2.94. The Labute approximate surface area is 111 Å². The van der Waals surface area contributed by atoms with Gasteiger partial charge in [0, 0.05) is 6.20 Å². The van der Waals surface area contributed by atoms with E-state index in [-0.39, 0.29) is 5.76 Å². The summed E-state index contributed by atoms with van der Waals surface area (Å²) in [5.41, 5.74) is 0. The molecule has 0 aliphatic rings. The Morgan fingerprint density at radius 3 is 2.76 bits per heavy atom. The second-order valence-corrected chi connectivity index (χ2v) is 4.80. The van der Waals surface area contributed by atoms with E-state index in [1.807, 2.05) is 0 Å². The van der Waals surface area contributed by atoms with Crippen LogP contribution < -0.4 is 0 Å². The SMILES string of the molecule is O=C(O)c1ccc(Sc2ncc(Cl)cc2Cl)o1. The first-order valence-electron chi connectivity index (χ1n) is 4.38.